The first-order valence-electron chi connectivity index (χ1n) is 8.06. The smallest absolute Gasteiger partial charge is 0.229 e. The predicted octanol–water partition coefficient (Wildman–Crippen LogP) is 4.68. The van der Waals surface area contributed by atoms with E-state index in [1.807, 2.05) is 6.07 Å². The molecule has 0 bridgehead atoms. The third-order valence-corrected chi connectivity index (χ3v) is 3.99. The Hall–Kier alpha value is -2.86. The highest BCUT2D eigenvalue weighted by Gasteiger charge is 2.04. The van der Waals surface area contributed by atoms with Crippen LogP contribution >= 0.6 is 11.6 Å². The van der Waals surface area contributed by atoms with Gasteiger partial charge in [0.25, 0.3) is 0 Å². The van der Waals surface area contributed by atoms with Gasteiger partial charge in [-0.1, -0.05) is 23.7 Å². The molecule has 0 saturated heterocycles. The van der Waals surface area contributed by atoms with E-state index in [0.29, 0.717) is 29.1 Å². The first-order chi connectivity index (χ1) is 12.6. The van der Waals surface area contributed by atoms with Crippen LogP contribution in [0.3, 0.4) is 0 Å². The molecule has 0 radical (unpaired) electrons. The minimum absolute atomic E-state index is 0.230. The van der Waals surface area contributed by atoms with Gasteiger partial charge < -0.3 is 15.4 Å². The Bertz CT molecular complexity index is 874. The van der Waals surface area contributed by atoms with E-state index in [0.717, 1.165) is 17.7 Å². The van der Waals surface area contributed by atoms with Gasteiger partial charge in [0.05, 0.1) is 12.1 Å². The summed E-state index contributed by atoms with van der Waals surface area (Å²) in [4.78, 5) is 8.62. The minimum atomic E-state index is -0.230. The third kappa shape index (κ3) is 4.83. The van der Waals surface area contributed by atoms with Crippen molar-refractivity contribution in [3.05, 3.63) is 71.1 Å². The van der Waals surface area contributed by atoms with E-state index in [-0.39, 0.29) is 5.82 Å². The second-order valence-electron chi connectivity index (χ2n) is 5.54. The second kappa shape index (κ2) is 8.49. The molecule has 0 spiro atoms. The van der Waals surface area contributed by atoms with Crippen LogP contribution in [-0.4, -0.2) is 23.6 Å². The van der Waals surface area contributed by atoms with Crippen LogP contribution in [-0.2, 0) is 6.42 Å². The number of aromatic nitrogens is 2. The van der Waals surface area contributed by atoms with E-state index in [1.54, 1.807) is 43.6 Å². The molecule has 3 aromatic rings. The Morgan fingerprint density at radius 1 is 1.12 bits per heavy atom. The predicted molar refractivity (Wildman–Crippen MR) is 102 cm³/mol. The Morgan fingerprint density at radius 3 is 2.65 bits per heavy atom. The van der Waals surface area contributed by atoms with Crippen LogP contribution < -0.4 is 15.4 Å². The van der Waals surface area contributed by atoms with Crippen molar-refractivity contribution in [1.29, 1.82) is 0 Å². The summed E-state index contributed by atoms with van der Waals surface area (Å²) >= 11 is 6.12. The largest absolute Gasteiger partial charge is 0.495 e. The molecule has 26 heavy (non-hydrogen) atoms. The molecule has 0 unspecified atom stereocenters. The maximum atomic E-state index is 12.9. The highest BCUT2D eigenvalue weighted by Crippen LogP contribution is 2.28. The van der Waals surface area contributed by atoms with Gasteiger partial charge in [-0.3, -0.25) is 0 Å². The molecule has 0 atom stereocenters. The van der Waals surface area contributed by atoms with Gasteiger partial charge in [0.2, 0.25) is 5.95 Å². The highest BCUT2D eigenvalue weighted by atomic mass is 35.5. The van der Waals surface area contributed by atoms with Gasteiger partial charge in [-0.05, 0) is 48.4 Å². The number of benzene rings is 2. The zero-order chi connectivity index (χ0) is 18.4. The quantitative estimate of drug-likeness (QED) is 0.630. The number of anilines is 3. The van der Waals surface area contributed by atoms with Crippen molar-refractivity contribution >= 4 is 29.1 Å². The SMILES string of the molecule is COc1ccc(Nc2nccc(NCCc3ccc(F)cc3)n2)cc1Cl. The number of rotatable bonds is 7. The average molecular weight is 373 g/mol. The summed E-state index contributed by atoms with van der Waals surface area (Å²) in [5.41, 5.74) is 1.82. The van der Waals surface area contributed by atoms with Crippen molar-refractivity contribution in [2.24, 2.45) is 0 Å². The lowest BCUT2D eigenvalue weighted by molar-refractivity contribution is 0.415. The van der Waals surface area contributed by atoms with E-state index in [2.05, 4.69) is 20.6 Å². The molecule has 1 heterocycles. The summed E-state index contributed by atoms with van der Waals surface area (Å²) in [7, 11) is 1.57. The lowest BCUT2D eigenvalue weighted by Crippen LogP contribution is -2.07. The molecule has 3 rings (SSSR count). The number of ether oxygens (including phenoxy) is 1. The van der Waals surface area contributed by atoms with Crippen molar-refractivity contribution in [1.82, 2.24) is 9.97 Å². The van der Waals surface area contributed by atoms with Gasteiger partial charge in [-0.2, -0.15) is 4.98 Å². The first kappa shape index (κ1) is 17.9. The monoisotopic (exact) mass is 372 g/mol. The van der Waals surface area contributed by atoms with Gasteiger partial charge in [-0.15, -0.1) is 0 Å². The lowest BCUT2D eigenvalue weighted by Gasteiger charge is -2.10. The number of hydrogen-bond acceptors (Lipinski definition) is 5. The molecule has 0 saturated carbocycles. The molecule has 2 N–H and O–H groups in total. The van der Waals surface area contributed by atoms with E-state index >= 15 is 0 Å². The Kier molecular flexibility index (Phi) is 5.86. The molecular formula is C19H18ClFN4O. The average Bonchev–Trinajstić information content (AvgIpc) is 2.64. The van der Waals surface area contributed by atoms with Gasteiger partial charge in [0, 0.05) is 18.4 Å². The van der Waals surface area contributed by atoms with Crippen molar-refractivity contribution < 1.29 is 9.13 Å². The zero-order valence-corrected chi connectivity index (χ0v) is 14.9. The highest BCUT2D eigenvalue weighted by molar-refractivity contribution is 6.32. The van der Waals surface area contributed by atoms with Crippen molar-refractivity contribution in [3.8, 4) is 5.75 Å². The molecule has 1 aromatic heterocycles. The minimum Gasteiger partial charge on any atom is -0.495 e. The normalized spacial score (nSPS) is 10.4. The van der Waals surface area contributed by atoms with Crippen LogP contribution in [0.1, 0.15) is 5.56 Å². The number of nitrogens with one attached hydrogen (secondary N) is 2. The molecule has 0 aliphatic rings. The molecular weight excluding hydrogens is 355 g/mol. The number of halogens is 2. The Labute approximate surface area is 156 Å². The van der Waals surface area contributed by atoms with Crippen LogP contribution in [0.15, 0.2) is 54.7 Å². The lowest BCUT2D eigenvalue weighted by atomic mass is 10.1. The van der Waals surface area contributed by atoms with E-state index in [9.17, 15) is 4.39 Å². The van der Waals surface area contributed by atoms with E-state index in [4.69, 9.17) is 16.3 Å². The Morgan fingerprint density at radius 2 is 1.92 bits per heavy atom. The van der Waals surface area contributed by atoms with Crippen molar-refractivity contribution in [3.63, 3.8) is 0 Å². The molecule has 0 amide bonds. The van der Waals surface area contributed by atoms with E-state index < -0.39 is 0 Å². The van der Waals surface area contributed by atoms with Gasteiger partial charge in [-0.25, -0.2) is 9.37 Å². The fourth-order valence-electron chi connectivity index (χ4n) is 2.38. The molecule has 0 aliphatic heterocycles. The summed E-state index contributed by atoms with van der Waals surface area (Å²) in [5, 5.41) is 6.85. The number of methoxy groups -OCH3 is 1. The fourth-order valence-corrected chi connectivity index (χ4v) is 2.63. The summed E-state index contributed by atoms with van der Waals surface area (Å²) < 4.78 is 18.0. The molecule has 0 fully saturated rings. The van der Waals surface area contributed by atoms with Gasteiger partial charge in [0.15, 0.2) is 0 Å². The topological polar surface area (TPSA) is 59.1 Å². The fraction of sp³-hybridized carbons (Fsp3) is 0.158. The molecule has 0 aliphatic carbocycles. The maximum Gasteiger partial charge on any atom is 0.229 e. The van der Waals surface area contributed by atoms with Crippen molar-refractivity contribution in [2.45, 2.75) is 6.42 Å². The Balaban J connectivity index is 1.59. The number of hydrogen-bond donors (Lipinski definition) is 2. The summed E-state index contributed by atoms with van der Waals surface area (Å²) in [6.45, 7) is 0.677. The molecule has 134 valence electrons. The summed E-state index contributed by atoms with van der Waals surface area (Å²) in [6.07, 6.45) is 2.43. The standard InChI is InChI=1S/C19H18ClFN4O/c1-26-17-7-6-15(12-16(17)20)24-19-23-11-9-18(25-19)22-10-8-13-2-4-14(21)5-3-13/h2-7,9,11-12H,8,10H2,1H3,(H2,22,23,24,25). The summed E-state index contributed by atoms with van der Waals surface area (Å²) in [5.74, 6) is 1.53. The first-order valence-corrected chi connectivity index (χ1v) is 8.44. The van der Waals surface area contributed by atoms with Gasteiger partial charge >= 0.3 is 0 Å². The molecule has 2 aromatic carbocycles. The van der Waals surface area contributed by atoms with Crippen LogP contribution in [0.2, 0.25) is 5.02 Å². The van der Waals surface area contributed by atoms with Crippen LogP contribution in [0.25, 0.3) is 0 Å². The third-order valence-electron chi connectivity index (χ3n) is 3.70. The summed E-state index contributed by atoms with van der Waals surface area (Å²) in [6, 6.07) is 13.6. The second-order valence-corrected chi connectivity index (χ2v) is 5.95. The number of nitrogens with zero attached hydrogens (tertiary/aromatic N) is 2. The van der Waals surface area contributed by atoms with E-state index in [1.165, 1.54) is 12.1 Å². The van der Waals surface area contributed by atoms with Gasteiger partial charge in [0.1, 0.15) is 17.4 Å². The van der Waals surface area contributed by atoms with Crippen LogP contribution in [0.5, 0.6) is 5.75 Å². The van der Waals surface area contributed by atoms with Crippen molar-refractivity contribution in [2.75, 3.05) is 24.3 Å². The molecule has 7 heteroatoms. The van der Waals surface area contributed by atoms with Crippen LogP contribution in [0.4, 0.5) is 21.8 Å². The maximum absolute atomic E-state index is 12.9. The molecule has 5 nitrogen and oxygen atoms in total. The van der Waals surface area contributed by atoms with Crippen LogP contribution in [0, 0.1) is 5.82 Å². The zero-order valence-electron chi connectivity index (χ0n) is 14.2.